The van der Waals surface area contributed by atoms with Gasteiger partial charge >= 0.3 is 5.91 Å². The van der Waals surface area contributed by atoms with Gasteiger partial charge in [0.15, 0.2) is 0 Å². The van der Waals surface area contributed by atoms with Crippen molar-refractivity contribution in [1.82, 2.24) is 4.98 Å². The van der Waals surface area contributed by atoms with Gasteiger partial charge < -0.3 is 5.11 Å². The summed E-state index contributed by atoms with van der Waals surface area (Å²) < 4.78 is 0.717. The van der Waals surface area contributed by atoms with E-state index in [1.165, 1.54) is 4.90 Å². The number of carbonyl (C=O) groups is 2. The molecule has 1 amide bonds. The van der Waals surface area contributed by atoms with Crippen molar-refractivity contribution in [2.45, 2.75) is 6.04 Å². The predicted molar refractivity (Wildman–Crippen MR) is 115 cm³/mol. The molecule has 3 aromatic rings. The van der Waals surface area contributed by atoms with E-state index in [4.69, 9.17) is 11.6 Å². The minimum absolute atomic E-state index is 0.00491. The van der Waals surface area contributed by atoms with E-state index in [-0.39, 0.29) is 11.3 Å². The van der Waals surface area contributed by atoms with Gasteiger partial charge in [-0.05, 0) is 42.0 Å². The van der Waals surface area contributed by atoms with Gasteiger partial charge in [-0.2, -0.15) is 0 Å². The summed E-state index contributed by atoms with van der Waals surface area (Å²) >= 11 is 9.30. The summed E-state index contributed by atoms with van der Waals surface area (Å²) in [5.41, 5.74) is 1.09. The van der Waals surface area contributed by atoms with Gasteiger partial charge in [0.25, 0.3) is 5.78 Å². The Kier molecular flexibility index (Phi) is 5.22. The highest BCUT2D eigenvalue weighted by atomic mass is 79.9. The first-order valence-corrected chi connectivity index (χ1v) is 9.88. The summed E-state index contributed by atoms with van der Waals surface area (Å²) in [5.74, 6) is -1.47. The van der Waals surface area contributed by atoms with E-state index in [0.29, 0.717) is 26.4 Å². The van der Waals surface area contributed by atoms with Gasteiger partial charge in [0.05, 0.1) is 11.6 Å². The number of amides is 1. The zero-order valence-corrected chi connectivity index (χ0v) is 17.3. The van der Waals surface area contributed by atoms with Crippen LogP contribution in [-0.4, -0.2) is 21.8 Å². The van der Waals surface area contributed by atoms with E-state index < -0.39 is 17.7 Å². The quantitative estimate of drug-likeness (QED) is 0.328. The number of aliphatic hydroxyl groups excluding tert-OH is 1. The lowest BCUT2D eigenvalue weighted by Crippen LogP contribution is -2.30. The number of ketones is 1. The maximum Gasteiger partial charge on any atom is 0.301 e. The topological polar surface area (TPSA) is 70.5 Å². The number of hydrogen-bond acceptors (Lipinski definition) is 4. The lowest BCUT2D eigenvalue weighted by molar-refractivity contribution is -0.132. The molecule has 1 atom stereocenters. The van der Waals surface area contributed by atoms with Crippen molar-refractivity contribution < 1.29 is 14.7 Å². The van der Waals surface area contributed by atoms with Gasteiger partial charge in [-0.1, -0.05) is 57.9 Å². The van der Waals surface area contributed by atoms with E-state index in [1.54, 1.807) is 54.7 Å². The van der Waals surface area contributed by atoms with Crippen LogP contribution in [0.3, 0.4) is 0 Å². The molecule has 0 aliphatic carbocycles. The predicted octanol–water partition coefficient (Wildman–Crippen LogP) is 5.12. The molecule has 1 aliphatic rings. The van der Waals surface area contributed by atoms with Crippen molar-refractivity contribution in [3.63, 3.8) is 0 Å². The Labute approximate surface area is 180 Å². The van der Waals surface area contributed by atoms with Gasteiger partial charge in [0.1, 0.15) is 11.6 Å². The lowest BCUT2D eigenvalue weighted by Gasteiger charge is -2.24. The number of aromatic nitrogens is 1. The van der Waals surface area contributed by atoms with Gasteiger partial charge in [-0.3, -0.25) is 14.5 Å². The van der Waals surface area contributed by atoms with Gasteiger partial charge in [-0.15, -0.1) is 0 Å². The van der Waals surface area contributed by atoms with Gasteiger partial charge in [-0.25, -0.2) is 4.98 Å². The number of nitrogens with zero attached hydrogens (tertiary/aromatic N) is 2. The summed E-state index contributed by atoms with van der Waals surface area (Å²) in [5, 5.41) is 11.5. The second-order valence-electron chi connectivity index (χ2n) is 6.42. The van der Waals surface area contributed by atoms with Crippen LogP contribution < -0.4 is 4.90 Å². The number of halogens is 2. The number of pyridine rings is 1. The Morgan fingerprint density at radius 2 is 1.72 bits per heavy atom. The third-order valence-electron chi connectivity index (χ3n) is 4.63. The molecule has 1 saturated heterocycles. The molecular weight excluding hydrogens is 456 g/mol. The van der Waals surface area contributed by atoms with E-state index in [9.17, 15) is 14.7 Å². The van der Waals surface area contributed by atoms with Crippen molar-refractivity contribution in [1.29, 1.82) is 0 Å². The first kappa shape index (κ1) is 19.4. The first-order valence-electron chi connectivity index (χ1n) is 8.71. The maximum absolute atomic E-state index is 13.0. The van der Waals surface area contributed by atoms with Gasteiger partial charge in [0.2, 0.25) is 0 Å². The molecule has 0 radical (unpaired) electrons. The summed E-state index contributed by atoms with van der Waals surface area (Å²) in [6, 6.07) is 18.1. The lowest BCUT2D eigenvalue weighted by atomic mass is 9.95. The Balaban J connectivity index is 1.94. The van der Waals surface area contributed by atoms with E-state index in [2.05, 4.69) is 20.9 Å². The zero-order chi connectivity index (χ0) is 20.5. The molecular formula is C22H14BrClN2O3. The fraction of sp³-hybridized carbons (Fsp3) is 0.0455. The Hall–Kier alpha value is -2.96. The minimum Gasteiger partial charge on any atom is -0.507 e. The fourth-order valence-corrected chi connectivity index (χ4v) is 3.76. The van der Waals surface area contributed by atoms with E-state index >= 15 is 0 Å². The molecule has 1 aromatic heterocycles. The van der Waals surface area contributed by atoms with Crippen LogP contribution in [0, 0.1) is 0 Å². The highest BCUT2D eigenvalue weighted by Gasteiger charge is 2.47. The van der Waals surface area contributed by atoms with Crippen molar-refractivity contribution >= 4 is 50.8 Å². The number of carbonyl (C=O) groups excluding carboxylic acids is 2. The molecule has 144 valence electrons. The molecule has 1 fully saturated rings. The fourth-order valence-electron chi connectivity index (χ4n) is 3.31. The molecule has 0 spiro atoms. The van der Waals surface area contributed by atoms with Crippen molar-refractivity contribution in [2.75, 3.05) is 4.90 Å². The summed E-state index contributed by atoms with van der Waals surface area (Å²) in [6.07, 6.45) is 1.54. The molecule has 4 rings (SSSR count). The normalized spacial score (nSPS) is 18.3. The third kappa shape index (κ3) is 3.57. The number of aliphatic hydroxyl groups is 1. The SMILES string of the molecule is O=C1C(=O)N(c2cc(Br)ccn2)C(c2ccccc2)/C1=C(/O)c1ccc(Cl)cc1. The van der Waals surface area contributed by atoms with Crippen molar-refractivity contribution in [3.05, 3.63) is 99.1 Å². The van der Waals surface area contributed by atoms with Crippen molar-refractivity contribution in [2.24, 2.45) is 0 Å². The molecule has 1 unspecified atom stereocenters. The molecule has 7 heteroatoms. The average Bonchev–Trinajstić information content (AvgIpc) is 2.99. The molecule has 1 aliphatic heterocycles. The van der Waals surface area contributed by atoms with Crippen LogP contribution in [0.5, 0.6) is 0 Å². The minimum atomic E-state index is -0.811. The molecule has 2 heterocycles. The number of rotatable bonds is 3. The molecule has 0 saturated carbocycles. The molecule has 0 bridgehead atoms. The largest absolute Gasteiger partial charge is 0.507 e. The molecule has 29 heavy (non-hydrogen) atoms. The van der Waals surface area contributed by atoms with Crippen LogP contribution in [0.15, 0.2) is 83.0 Å². The average molecular weight is 470 g/mol. The Bertz CT molecular complexity index is 1130. The first-order chi connectivity index (χ1) is 14.0. The maximum atomic E-state index is 13.0. The van der Waals surface area contributed by atoms with Crippen LogP contribution in [0.2, 0.25) is 5.02 Å². The third-order valence-corrected chi connectivity index (χ3v) is 5.38. The summed E-state index contributed by atoms with van der Waals surface area (Å²) in [7, 11) is 0. The summed E-state index contributed by atoms with van der Waals surface area (Å²) in [4.78, 5) is 31.5. The standard InChI is InChI=1S/C22H14BrClN2O3/c23-15-10-11-25-17(12-15)26-19(13-4-2-1-3-5-13)18(21(28)22(26)29)20(27)14-6-8-16(24)9-7-14/h1-12,19,27H/b20-18-. The smallest absolute Gasteiger partial charge is 0.301 e. The van der Waals surface area contributed by atoms with Gasteiger partial charge in [0, 0.05) is 21.3 Å². The zero-order valence-electron chi connectivity index (χ0n) is 14.9. The second kappa shape index (κ2) is 7.81. The summed E-state index contributed by atoms with van der Waals surface area (Å²) in [6.45, 7) is 0. The Morgan fingerprint density at radius 1 is 1.03 bits per heavy atom. The number of Topliss-reactive ketones (excluding diaryl/α,β-unsaturated/α-hetero) is 1. The van der Waals surface area contributed by atoms with E-state index in [1.807, 2.05) is 18.2 Å². The highest BCUT2D eigenvalue weighted by Crippen LogP contribution is 2.41. The van der Waals surface area contributed by atoms with Crippen LogP contribution in [0.4, 0.5) is 5.82 Å². The van der Waals surface area contributed by atoms with Crippen LogP contribution in [0.25, 0.3) is 5.76 Å². The molecule has 5 nitrogen and oxygen atoms in total. The monoisotopic (exact) mass is 468 g/mol. The molecule has 2 aromatic carbocycles. The molecule has 1 N–H and O–H groups in total. The van der Waals surface area contributed by atoms with Crippen LogP contribution in [0.1, 0.15) is 17.2 Å². The second-order valence-corrected chi connectivity index (χ2v) is 7.77. The highest BCUT2D eigenvalue weighted by molar-refractivity contribution is 9.10. The van der Waals surface area contributed by atoms with Crippen LogP contribution >= 0.6 is 27.5 Å². The number of benzene rings is 2. The number of hydrogen-bond donors (Lipinski definition) is 1. The van der Waals surface area contributed by atoms with E-state index in [0.717, 1.165) is 0 Å². The van der Waals surface area contributed by atoms with Crippen molar-refractivity contribution in [3.8, 4) is 0 Å². The Morgan fingerprint density at radius 3 is 2.38 bits per heavy atom. The number of anilines is 1. The van der Waals surface area contributed by atoms with Crippen LogP contribution in [-0.2, 0) is 9.59 Å².